The highest BCUT2D eigenvalue weighted by atomic mass is 79.9. The van der Waals surface area contributed by atoms with Gasteiger partial charge in [0.2, 0.25) is 0 Å². The molecule has 2 N–H and O–H groups in total. The normalized spacial score (nSPS) is 10.1. The highest BCUT2D eigenvalue weighted by Crippen LogP contribution is 2.32. The van der Waals surface area contributed by atoms with Crippen LogP contribution in [0.4, 0.5) is 0 Å². The summed E-state index contributed by atoms with van der Waals surface area (Å²) < 4.78 is 0.526. The highest BCUT2D eigenvalue weighted by Gasteiger charge is 2.23. The van der Waals surface area contributed by atoms with E-state index in [4.69, 9.17) is 21.8 Å². The number of hydrogen-bond acceptors (Lipinski definition) is 4. The van der Waals surface area contributed by atoms with Crippen molar-refractivity contribution >= 4 is 56.7 Å². The van der Waals surface area contributed by atoms with Crippen molar-refractivity contribution in [2.24, 2.45) is 0 Å². The van der Waals surface area contributed by atoms with Gasteiger partial charge in [-0.25, -0.2) is 0 Å². The lowest BCUT2D eigenvalue weighted by Gasteiger charge is -2.17. The second-order valence-electron chi connectivity index (χ2n) is 3.18. The van der Waals surface area contributed by atoms with E-state index in [9.17, 15) is 14.4 Å². The van der Waals surface area contributed by atoms with E-state index in [0.29, 0.717) is 8.81 Å². The summed E-state index contributed by atoms with van der Waals surface area (Å²) in [5.41, 5.74) is 0. The Balaban J connectivity index is 2.94. The highest BCUT2D eigenvalue weighted by molar-refractivity contribution is 9.11. The quantitative estimate of drug-likeness (QED) is 0.838. The van der Waals surface area contributed by atoms with Crippen LogP contribution in [0.1, 0.15) is 9.67 Å². The molecule has 1 aromatic rings. The number of aliphatic carboxylic acids is 2. The van der Waals surface area contributed by atoms with Crippen molar-refractivity contribution in [3.05, 3.63) is 19.8 Å². The van der Waals surface area contributed by atoms with Crippen LogP contribution in [0, 0.1) is 0 Å². The van der Waals surface area contributed by atoms with E-state index in [1.807, 2.05) is 0 Å². The van der Waals surface area contributed by atoms with Crippen LogP contribution in [-0.2, 0) is 9.59 Å². The molecule has 0 fully saturated rings. The molecule has 0 unspecified atom stereocenters. The number of nitrogens with zero attached hydrogens (tertiary/aromatic N) is 1. The Kier molecular flexibility index (Phi) is 5.12. The number of carboxylic acid groups (broad SMARTS) is 2. The van der Waals surface area contributed by atoms with Crippen molar-refractivity contribution < 1.29 is 24.6 Å². The first-order valence-electron chi connectivity index (χ1n) is 4.49. The van der Waals surface area contributed by atoms with Gasteiger partial charge in [-0.3, -0.25) is 14.4 Å². The summed E-state index contributed by atoms with van der Waals surface area (Å²) in [5.74, 6) is -3.25. The van der Waals surface area contributed by atoms with E-state index in [0.717, 1.165) is 16.2 Å². The topological polar surface area (TPSA) is 94.9 Å². The lowest BCUT2D eigenvalue weighted by atomic mass is 10.3. The molecular formula is C9H7BrClNO5S. The first-order chi connectivity index (χ1) is 8.31. The molecule has 1 amide bonds. The number of carboxylic acids is 2. The molecule has 18 heavy (non-hydrogen) atoms. The molecule has 1 heterocycles. The Morgan fingerprint density at radius 3 is 2.11 bits per heavy atom. The molecule has 0 spiro atoms. The zero-order valence-corrected chi connectivity index (χ0v) is 11.9. The molecule has 9 heteroatoms. The molecule has 0 aliphatic carbocycles. The molecule has 0 aliphatic heterocycles. The zero-order chi connectivity index (χ0) is 13.9. The fraction of sp³-hybridized carbons (Fsp3) is 0.222. The lowest BCUT2D eigenvalue weighted by molar-refractivity contribution is -0.140. The van der Waals surface area contributed by atoms with Gasteiger partial charge in [0.05, 0.1) is 13.7 Å². The maximum absolute atomic E-state index is 11.9. The Hall–Kier alpha value is -1.12. The van der Waals surface area contributed by atoms with Crippen LogP contribution in [0.3, 0.4) is 0 Å². The summed E-state index contributed by atoms with van der Waals surface area (Å²) >= 11 is 9.88. The van der Waals surface area contributed by atoms with Crippen molar-refractivity contribution in [3.63, 3.8) is 0 Å². The van der Waals surface area contributed by atoms with Crippen LogP contribution in [0.25, 0.3) is 0 Å². The van der Waals surface area contributed by atoms with Gasteiger partial charge in [-0.2, -0.15) is 0 Å². The largest absolute Gasteiger partial charge is 0.480 e. The summed E-state index contributed by atoms with van der Waals surface area (Å²) in [7, 11) is 0. The zero-order valence-electron chi connectivity index (χ0n) is 8.72. The molecule has 98 valence electrons. The number of thiophene rings is 1. The Morgan fingerprint density at radius 1 is 1.28 bits per heavy atom. The minimum atomic E-state index is -1.29. The van der Waals surface area contributed by atoms with Crippen molar-refractivity contribution in [2.45, 2.75) is 0 Å². The molecule has 0 saturated carbocycles. The number of amides is 1. The molecule has 0 bridgehead atoms. The maximum Gasteiger partial charge on any atom is 0.323 e. The second-order valence-corrected chi connectivity index (χ2v) is 5.96. The number of carbonyl (C=O) groups excluding carboxylic acids is 1. The third kappa shape index (κ3) is 3.97. The van der Waals surface area contributed by atoms with Crippen LogP contribution in [0.5, 0.6) is 0 Å². The molecule has 0 atom stereocenters. The Morgan fingerprint density at radius 2 is 1.78 bits per heavy atom. The minimum absolute atomic E-state index is 0.175. The van der Waals surface area contributed by atoms with Crippen LogP contribution in [-0.4, -0.2) is 46.0 Å². The van der Waals surface area contributed by atoms with E-state index in [1.165, 1.54) is 6.07 Å². The number of halogens is 2. The van der Waals surface area contributed by atoms with Crippen molar-refractivity contribution in [1.82, 2.24) is 4.90 Å². The summed E-state index contributed by atoms with van der Waals surface area (Å²) in [6.45, 7) is -1.36. The molecular weight excluding hydrogens is 350 g/mol. The molecule has 0 aliphatic rings. The molecule has 1 aromatic heterocycles. The second kappa shape index (κ2) is 6.17. The van der Waals surface area contributed by atoms with E-state index in [1.54, 1.807) is 0 Å². The molecule has 0 radical (unpaired) electrons. The van der Waals surface area contributed by atoms with Gasteiger partial charge in [-0.05, 0) is 22.0 Å². The monoisotopic (exact) mass is 355 g/mol. The predicted molar refractivity (Wildman–Crippen MR) is 68.2 cm³/mol. The van der Waals surface area contributed by atoms with Crippen molar-refractivity contribution in [3.8, 4) is 0 Å². The van der Waals surface area contributed by atoms with Gasteiger partial charge in [0.25, 0.3) is 5.91 Å². The van der Waals surface area contributed by atoms with Crippen molar-refractivity contribution in [2.75, 3.05) is 13.1 Å². The fourth-order valence-electron chi connectivity index (χ4n) is 1.13. The Bertz CT molecular complexity index is 468. The lowest BCUT2D eigenvalue weighted by Crippen LogP contribution is -2.39. The average Bonchev–Trinajstić information content (AvgIpc) is 2.56. The van der Waals surface area contributed by atoms with Gasteiger partial charge < -0.3 is 15.1 Å². The van der Waals surface area contributed by atoms with Gasteiger partial charge in [0.15, 0.2) is 0 Å². The average molecular weight is 357 g/mol. The molecule has 6 nitrogen and oxygen atoms in total. The number of hydrogen-bond donors (Lipinski definition) is 2. The van der Waals surface area contributed by atoms with Gasteiger partial charge >= 0.3 is 11.9 Å². The SMILES string of the molecule is O=C(O)CN(CC(=O)O)C(=O)c1cc(Cl)c(Br)s1. The first-order valence-corrected chi connectivity index (χ1v) is 6.47. The van der Waals surface area contributed by atoms with Crippen LogP contribution < -0.4 is 0 Å². The Labute approximate surface area is 119 Å². The van der Waals surface area contributed by atoms with E-state index >= 15 is 0 Å². The van der Waals surface area contributed by atoms with Gasteiger partial charge in [-0.15, -0.1) is 11.3 Å². The van der Waals surface area contributed by atoms with Crippen LogP contribution >= 0.6 is 38.9 Å². The molecule has 1 rings (SSSR count). The summed E-state index contributed by atoms with van der Waals surface area (Å²) in [6, 6.07) is 1.36. The van der Waals surface area contributed by atoms with E-state index in [-0.39, 0.29) is 4.88 Å². The smallest absolute Gasteiger partial charge is 0.323 e. The predicted octanol–water partition coefficient (Wildman–Crippen LogP) is 1.78. The minimum Gasteiger partial charge on any atom is -0.480 e. The number of carbonyl (C=O) groups is 3. The van der Waals surface area contributed by atoms with Crippen LogP contribution in [0.2, 0.25) is 5.02 Å². The number of rotatable bonds is 5. The molecule has 0 aromatic carbocycles. The van der Waals surface area contributed by atoms with Gasteiger partial charge in [0.1, 0.15) is 13.1 Å². The van der Waals surface area contributed by atoms with E-state index < -0.39 is 30.9 Å². The van der Waals surface area contributed by atoms with Crippen molar-refractivity contribution in [1.29, 1.82) is 0 Å². The van der Waals surface area contributed by atoms with E-state index in [2.05, 4.69) is 15.9 Å². The third-order valence-corrected chi connectivity index (χ3v) is 4.26. The first kappa shape index (κ1) is 14.9. The third-order valence-electron chi connectivity index (χ3n) is 1.80. The summed E-state index contributed by atoms with van der Waals surface area (Å²) in [6.07, 6.45) is 0. The standard InChI is InChI=1S/C9H7BrClNO5S/c10-8-4(11)1-5(18-8)9(17)12(2-6(13)14)3-7(15)16/h1H,2-3H2,(H,13,14)(H,15,16). The van der Waals surface area contributed by atoms with Gasteiger partial charge in [-0.1, -0.05) is 11.6 Å². The fourth-order valence-corrected chi connectivity index (χ4v) is 2.80. The summed E-state index contributed by atoms with van der Waals surface area (Å²) in [4.78, 5) is 34.0. The molecule has 0 saturated heterocycles. The maximum atomic E-state index is 11.9. The van der Waals surface area contributed by atoms with Crippen LogP contribution in [0.15, 0.2) is 9.85 Å². The summed E-state index contributed by atoms with van der Waals surface area (Å²) in [5, 5.41) is 17.6. The van der Waals surface area contributed by atoms with Gasteiger partial charge in [0, 0.05) is 0 Å².